The summed E-state index contributed by atoms with van der Waals surface area (Å²) in [7, 11) is 3.66. The van der Waals surface area contributed by atoms with Crippen molar-refractivity contribution in [2.45, 2.75) is 84.0 Å². The van der Waals surface area contributed by atoms with E-state index in [1.807, 2.05) is 14.1 Å². The van der Waals surface area contributed by atoms with Crippen LogP contribution in [0.5, 0.6) is 0 Å². The number of unbranched alkanes of at least 4 members (excludes halogenated alkanes) is 8. The van der Waals surface area contributed by atoms with Gasteiger partial charge in [0.1, 0.15) is 0 Å². The van der Waals surface area contributed by atoms with E-state index in [1.54, 1.807) is 4.90 Å². The molecule has 128 valence electrons. The third-order valence-corrected chi connectivity index (χ3v) is 3.84. The van der Waals surface area contributed by atoms with Gasteiger partial charge in [-0.3, -0.25) is 4.79 Å². The Balaban J connectivity index is 3.25. The summed E-state index contributed by atoms with van der Waals surface area (Å²) in [6.07, 6.45) is 23.4. The predicted octanol–water partition coefficient (Wildman–Crippen LogP) is 5.89. The molecule has 1 amide bonds. The molecule has 0 N–H and O–H groups in total. The Morgan fingerprint density at radius 2 is 1.32 bits per heavy atom. The molecule has 2 heteroatoms. The highest BCUT2D eigenvalue weighted by Crippen LogP contribution is 2.08. The van der Waals surface area contributed by atoms with Gasteiger partial charge < -0.3 is 4.90 Å². The van der Waals surface area contributed by atoms with Crippen molar-refractivity contribution < 1.29 is 4.79 Å². The number of hydrogen-bond acceptors (Lipinski definition) is 1. The van der Waals surface area contributed by atoms with Crippen LogP contribution in [-0.2, 0) is 4.79 Å². The van der Waals surface area contributed by atoms with Crippen LogP contribution in [0, 0.1) is 0 Å². The molecule has 22 heavy (non-hydrogen) atoms. The van der Waals surface area contributed by atoms with Gasteiger partial charge in [-0.2, -0.15) is 0 Å². The first-order chi connectivity index (χ1) is 10.7. The van der Waals surface area contributed by atoms with Crippen LogP contribution < -0.4 is 0 Å². The second-order valence-electron chi connectivity index (χ2n) is 6.27. The minimum atomic E-state index is 0.255. The van der Waals surface area contributed by atoms with E-state index in [0.29, 0.717) is 6.42 Å². The lowest BCUT2D eigenvalue weighted by atomic mass is 10.1. The number of amides is 1. The maximum atomic E-state index is 11.4. The zero-order chi connectivity index (χ0) is 16.5. The lowest BCUT2D eigenvalue weighted by Crippen LogP contribution is -2.20. The highest BCUT2D eigenvalue weighted by Gasteiger charge is 2.02. The van der Waals surface area contributed by atoms with E-state index in [0.717, 1.165) is 12.8 Å². The zero-order valence-electron chi connectivity index (χ0n) is 15.2. The number of nitrogens with zero attached hydrogens (tertiary/aromatic N) is 1. The molecule has 0 fully saturated rings. The summed E-state index contributed by atoms with van der Waals surface area (Å²) in [4.78, 5) is 13.1. The third-order valence-electron chi connectivity index (χ3n) is 3.84. The molecule has 0 aromatic rings. The summed E-state index contributed by atoms with van der Waals surface area (Å²) >= 11 is 0. The fourth-order valence-corrected chi connectivity index (χ4v) is 2.31. The monoisotopic (exact) mass is 307 g/mol. The fraction of sp³-hybridized carbons (Fsp3) is 0.750. The Morgan fingerprint density at radius 3 is 1.91 bits per heavy atom. The molecule has 0 unspecified atom stereocenters. The van der Waals surface area contributed by atoms with Crippen LogP contribution in [0.2, 0.25) is 0 Å². The molecule has 0 bridgehead atoms. The molecule has 0 aromatic heterocycles. The quantitative estimate of drug-likeness (QED) is 0.289. The summed E-state index contributed by atoms with van der Waals surface area (Å²) in [5.41, 5.74) is 0. The molecule has 0 saturated carbocycles. The van der Waals surface area contributed by atoms with Crippen LogP contribution in [0.3, 0.4) is 0 Å². The summed E-state index contributed by atoms with van der Waals surface area (Å²) in [6.45, 7) is 2.25. The maximum Gasteiger partial charge on any atom is 0.222 e. The van der Waals surface area contributed by atoms with Crippen LogP contribution in [0.25, 0.3) is 0 Å². The Morgan fingerprint density at radius 1 is 0.773 bits per heavy atom. The smallest absolute Gasteiger partial charge is 0.222 e. The summed E-state index contributed by atoms with van der Waals surface area (Å²) < 4.78 is 0. The van der Waals surface area contributed by atoms with Crippen molar-refractivity contribution in [3.05, 3.63) is 24.3 Å². The van der Waals surface area contributed by atoms with Gasteiger partial charge in [0, 0.05) is 20.5 Å². The number of hydrogen-bond donors (Lipinski definition) is 0. The average Bonchev–Trinajstić information content (AvgIpc) is 2.50. The SMILES string of the molecule is CCCCCC=CCC=CCCCCCCCC(=O)N(C)C. The van der Waals surface area contributed by atoms with Gasteiger partial charge >= 0.3 is 0 Å². The fourth-order valence-electron chi connectivity index (χ4n) is 2.31. The van der Waals surface area contributed by atoms with E-state index < -0.39 is 0 Å². The predicted molar refractivity (Wildman–Crippen MR) is 98.1 cm³/mol. The Kier molecular flexibility index (Phi) is 15.5. The molecule has 0 radical (unpaired) electrons. The van der Waals surface area contributed by atoms with Gasteiger partial charge in [-0.05, 0) is 38.5 Å². The second-order valence-corrected chi connectivity index (χ2v) is 6.27. The first kappa shape index (κ1) is 20.9. The van der Waals surface area contributed by atoms with E-state index in [1.165, 1.54) is 57.8 Å². The molecule has 0 spiro atoms. The van der Waals surface area contributed by atoms with Crippen molar-refractivity contribution in [3.8, 4) is 0 Å². The van der Waals surface area contributed by atoms with Crippen molar-refractivity contribution >= 4 is 5.91 Å². The summed E-state index contributed by atoms with van der Waals surface area (Å²) in [6, 6.07) is 0. The lowest BCUT2D eigenvalue weighted by molar-refractivity contribution is -0.128. The standard InChI is InChI=1S/C20H37NO/c1-4-5-6-7-8-9-10-11-12-13-14-15-16-17-18-19-20(22)21(2)3/h8-9,11-12H,4-7,10,13-19H2,1-3H3. The largest absolute Gasteiger partial charge is 0.349 e. The van der Waals surface area contributed by atoms with Gasteiger partial charge in [0.15, 0.2) is 0 Å². The van der Waals surface area contributed by atoms with E-state index in [9.17, 15) is 4.79 Å². The number of carbonyl (C=O) groups is 1. The van der Waals surface area contributed by atoms with Gasteiger partial charge in [-0.15, -0.1) is 0 Å². The highest BCUT2D eigenvalue weighted by atomic mass is 16.2. The number of allylic oxidation sites excluding steroid dienone is 4. The zero-order valence-corrected chi connectivity index (χ0v) is 15.2. The minimum absolute atomic E-state index is 0.255. The van der Waals surface area contributed by atoms with Gasteiger partial charge in [0.25, 0.3) is 0 Å². The second kappa shape index (κ2) is 16.3. The van der Waals surface area contributed by atoms with E-state index in [-0.39, 0.29) is 5.91 Å². The van der Waals surface area contributed by atoms with Gasteiger partial charge in [0.2, 0.25) is 5.91 Å². The van der Waals surface area contributed by atoms with E-state index in [4.69, 9.17) is 0 Å². The molecule has 0 atom stereocenters. The minimum Gasteiger partial charge on any atom is -0.349 e. The van der Waals surface area contributed by atoms with Crippen molar-refractivity contribution in [2.24, 2.45) is 0 Å². The average molecular weight is 308 g/mol. The topological polar surface area (TPSA) is 20.3 Å². The molecule has 0 rings (SSSR count). The van der Waals surface area contributed by atoms with Crippen LogP contribution in [0.15, 0.2) is 24.3 Å². The molecular weight excluding hydrogens is 270 g/mol. The van der Waals surface area contributed by atoms with Crippen LogP contribution in [0.1, 0.15) is 84.0 Å². The van der Waals surface area contributed by atoms with Crippen LogP contribution in [0.4, 0.5) is 0 Å². The van der Waals surface area contributed by atoms with E-state index >= 15 is 0 Å². The van der Waals surface area contributed by atoms with E-state index in [2.05, 4.69) is 31.2 Å². The maximum absolute atomic E-state index is 11.4. The Bertz CT molecular complexity index is 305. The third kappa shape index (κ3) is 15.3. The molecule has 0 heterocycles. The molecule has 0 aliphatic rings. The molecule has 0 saturated heterocycles. The Labute approximate surface area is 138 Å². The van der Waals surface area contributed by atoms with Crippen LogP contribution >= 0.6 is 0 Å². The number of rotatable bonds is 14. The van der Waals surface area contributed by atoms with Crippen molar-refractivity contribution in [3.63, 3.8) is 0 Å². The summed E-state index contributed by atoms with van der Waals surface area (Å²) in [5, 5.41) is 0. The molecular formula is C20H37NO. The van der Waals surface area contributed by atoms with Crippen molar-refractivity contribution in [1.29, 1.82) is 0 Å². The van der Waals surface area contributed by atoms with Gasteiger partial charge in [-0.1, -0.05) is 63.3 Å². The molecule has 0 aliphatic carbocycles. The molecule has 0 aromatic carbocycles. The van der Waals surface area contributed by atoms with Gasteiger partial charge in [0.05, 0.1) is 0 Å². The van der Waals surface area contributed by atoms with Gasteiger partial charge in [-0.25, -0.2) is 0 Å². The molecule has 2 nitrogen and oxygen atoms in total. The first-order valence-corrected chi connectivity index (χ1v) is 9.18. The lowest BCUT2D eigenvalue weighted by Gasteiger charge is -2.09. The van der Waals surface area contributed by atoms with Crippen molar-refractivity contribution in [1.82, 2.24) is 4.90 Å². The normalized spacial score (nSPS) is 11.6. The highest BCUT2D eigenvalue weighted by molar-refractivity contribution is 5.75. The Hall–Kier alpha value is -1.05. The molecule has 0 aliphatic heterocycles. The van der Waals surface area contributed by atoms with Crippen LogP contribution in [-0.4, -0.2) is 24.9 Å². The number of carbonyl (C=O) groups excluding carboxylic acids is 1. The van der Waals surface area contributed by atoms with Crippen molar-refractivity contribution in [2.75, 3.05) is 14.1 Å². The summed E-state index contributed by atoms with van der Waals surface area (Å²) in [5.74, 6) is 0.255. The first-order valence-electron chi connectivity index (χ1n) is 9.18.